The Hall–Kier alpha value is -2.25. The van der Waals surface area contributed by atoms with E-state index in [9.17, 15) is 17.6 Å². The fraction of sp³-hybridized carbons (Fsp3) is 0.316. The highest BCUT2D eigenvalue weighted by molar-refractivity contribution is 7.89. The van der Waals surface area contributed by atoms with Crippen LogP contribution in [0.5, 0.6) is 0 Å². The van der Waals surface area contributed by atoms with Gasteiger partial charge in [-0.3, -0.25) is 4.79 Å². The van der Waals surface area contributed by atoms with Gasteiger partial charge in [0.15, 0.2) is 0 Å². The Kier molecular flexibility index (Phi) is 6.88. The van der Waals surface area contributed by atoms with E-state index in [0.29, 0.717) is 31.6 Å². The van der Waals surface area contributed by atoms with Gasteiger partial charge < -0.3 is 5.32 Å². The number of anilines is 1. The number of hydrogen-bond acceptors (Lipinski definition) is 3. The second-order valence-corrected chi connectivity index (χ2v) is 7.83. The van der Waals surface area contributed by atoms with Gasteiger partial charge >= 0.3 is 0 Å². The molecule has 0 aliphatic rings. The predicted molar refractivity (Wildman–Crippen MR) is 100 cm³/mol. The molecule has 0 aromatic heterocycles. The number of nitrogens with zero attached hydrogens (tertiary/aromatic N) is 1. The molecule has 0 saturated carbocycles. The van der Waals surface area contributed by atoms with Gasteiger partial charge in [0.1, 0.15) is 5.82 Å². The van der Waals surface area contributed by atoms with E-state index in [-0.39, 0.29) is 10.5 Å². The summed E-state index contributed by atoms with van der Waals surface area (Å²) in [7, 11) is -3.66. The summed E-state index contributed by atoms with van der Waals surface area (Å²) in [6.07, 6.45) is 1.42. The van der Waals surface area contributed by atoms with Crippen LogP contribution in [0.15, 0.2) is 53.4 Å². The molecule has 0 atom stereocenters. The van der Waals surface area contributed by atoms with Gasteiger partial charge in [0.2, 0.25) is 10.0 Å². The number of hydrogen-bond donors (Lipinski definition) is 1. The van der Waals surface area contributed by atoms with E-state index in [0.717, 1.165) is 0 Å². The zero-order valence-corrected chi connectivity index (χ0v) is 15.7. The zero-order valence-electron chi connectivity index (χ0n) is 14.9. The van der Waals surface area contributed by atoms with Crippen molar-refractivity contribution >= 4 is 21.6 Å². The fourth-order valence-electron chi connectivity index (χ4n) is 2.53. The molecule has 2 rings (SSSR count). The lowest BCUT2D eigenvalue weighted by atomic mass is 10.2. The summed E-state index contributed by atoms with van der Waals surface area (Å²) in [5.74, 6) is -0.853. The summed E-state index contributed by atoms with van der Waals surface area (Å²) >= 11 is 0. The SMILES string of the molecule is CCCN(CCC)S(=O)(=O)c1cccc(C(=O)Nc2ccc(F)cc2)c1. The standard InChI is InChI=1S/C19H23FN2O3S/c1-3-12-22(13-4-2)26(24,25)18-7-5-6-15(14-18)19(23)21-17-10-8-16(20)9-11-17/h5-11,14H,3-4,12-13H2,1-2H3,(H,21,23). The third-order valence-electron chi connectivity index (χ3n) is 3.78. The zero-order chi connectivity index (χ0) is 19.2. The summed E-state index contributed by atoms with van der Waals surface area (Å²) in [5.41, 5.74) is 0.659. The second kappa shape index (κ2) is 8.91. The highest BCUT2D eigenvalue weighted by atomic mass is 32.2. The molecular formula is C19H23FN2O3S. The van der Waals surface area contributed by atoms with E-state index in [1.54, 1.807) is 12.1 Å². The third-order valence-corrected chi connectivity index (χ3v) is 5.68. The largest absolute Gasteiger partial charge is 0.322 e. The Labute approximate surface area is 153 Å². The van der Waals surface area contributed by atoms with E-state index in [1.807, 2.05) is 13.8 Å². The van der Waals surface area contributed by atoms with E-state index < -0.39 is 21.7 Å². The molecule has 1 N–H and O–H groups in total. The summed E-state index contributed by atoms with van der Waals surface area (Å²) in [6.45, 7) is 4.71. The van der Waals surface area contributed by atoms with Crippen molar-refractivity contribution in [3.05, 3.63) is 59.9 Å². The topological polar surface area (TPSA) is 66.5 Å². The van der Waals surface area contributed by atoms with E-state index >= 15 is 0 Å². The molecule has 0 fully saturated rings. The van der Waals surface area contributed by atoms with Crippen LogP contribution < -0.4 is 5.32 Å². The summed E-state index contributed by atoms with van der Waals surface area (Å²) in [4.78, 5) is 12.5. The maximum absolute atomic E-state index is 12.9. The van der Waals surface area contributed by atoms with E-state index in [1.165, 1.54) is 40.7 Å². The van der Waals surface area contributed by atoms with Crippen molar-refractivity contribution in [1.29, 1.82) is 0 Å². The molecule has 140 valence electrons. The maximum Gasteiger partial charge on any atom is 0.255 e. The maximum atomic E-state index is 12.9. The quantitative estimate of drug-likeness (QED) is 0.758. The van der Waals surface area contributed by atoms with Gasteiger partial charge in [-0.15, -0.1) is 0 Å². The molecule has 0 aliphatic heterocycles. The van der Waals surface area contributed by atoms with Crippen LogP contribution in [0.4, 0.5) is 10.1 Å². The number of nitrogens with one attached hydrogen (secondary N) is 1. The molecular weight excluding hydrogens is 355 g/mol. The lowest BCUT2D eigenvalue weighted by molar-refractivity contribution is 0.102. The minimum Gasteiger partial charge on any atom is -0.322 e. The first kappa shape index (κ1) is 20.1. The Morgan fingerprint density at radius 1 is 1.04 bits per heavy atom. The van der Waals surface area contributed by atoms with Crippen molar-refractivity contribution in [2.45, 2.75) is 31.6 Å². The molecule has 5 nitrogen and oxygen atoms in total. The van der Waals surface area contributed by atoms with Crippen LogP contribution in [0.1, 0.15) is 37.0 Å². The first-order valence-electron chi connectivity index (χ1n) is 8.55. The van der Waals surface area contributed by atoms with Crippen LogP contribution in [0.2, 0.25) is 0 Å². The highest BCUT2D eigenvalue weighted by Gasteiger charge is 2.23. The second-order valence-electron chi connectivity index (χ2n) is 5.89. The average molecular weight is 378 g/mol. The molecule has 0 heterocycles. The lowest BCUT2D eigenvalue weighted by Crippen LogP contribution is -2.32. The first-order chi connectivity index (χ1) is 12.4. The first-order valence-corrected chi connectivity index (χ1v) is 9.99. The van der Waals surface area contributed by atoms with Crippen molar-refractivity contribution < 1.29 is 17.6 Å². The van der Waals surface area contributed by atoms with Gasteiger partial charge in [-0.1, -0.05) is 19.9 Å². The fourth-order valence-corrected chi connectivity index (χ4v) is 4.20. The highest BCUT2D eigenvalue weighted by Crippen LogP contribution is 2.19. The molecule has 1 amide bonds. The van der Waals surface area contributed by atoms with Crippen LogP contribution in [-0.4, -0.2) is 31.7 Å². The van der Waals surface area contributed by atoms with Gasteiger partial charge in [0.05, 0.1) is 4.90 Å². The van der Waals surface area contributed by atoms with Crippen LogP contribution in [0.3, 0.4) is 0 Å². The monoisotopic (exact) mass is 378 g/mol. The predicted octanol–water partition coefficient (Wildman–Crippen LogP) is 3.89. The van der Waals surface area contributed by atoms with Crippen LogP contribution in [0.25, 0.3) is 0 Å². The lowest BCUT2D eigenvalue weighted by Gasteiger charge is -2.21. The number of carbonyl (C=O) groups is 1. The van der Waals surface area contributed by atoms with Crippen LogP contribution in [0, 0.1) is 5.82 Å². The molecule has 0 spiro atoms. The van der Waals surface area contributed by atoms with Gasteiger partial charge in [-0.05, 0) is 55.3 Å². The molecule has 0 saturated heterocycles. The third kappa shape index (κ3) is 4.89. The Balaban J connectivity index is 2.25. The van der Waals surface area contributed by atoms with Crippen LogP contribution >= 0.6 is 0 Å². The number of carbonyl (C=O) groups excluding carboxylic acids is 1. The molecule has 2 aromatic carbocycles. The van der Waals surface area contributed by atoms with Gasteiger partial charge in [-0.25, -0.2) is 12.8 Å². The minimum absolute atomic E-state index is 0.0890. The molecule has 7 heteroatoms. The number of amides is 1. The van der Waals surface area contributed by atoms with Crippen molar-refractivity contribution in [2.24, 2.45) is 0 Å². The number of rotatable bonds is 8. The number of benzene rings is 2. The summed E-state index contributed by atoms with van der Waals surface area (Å²) in [6, 6.07) is 11.3. The van der Waals surface area contributed by atoms with Crippen molar-refractivity contribution in [3.8, 4) is 0 Å². The van der Waals surface area contributed by atoms with Crippen molar-refractivity contribution in [1.82, 2.24) is 4.31 Å². The van der Waals surface area contributed by atoms with Gasteiger partial charge in [0, 0.05) is 24.3 Å². The summed E-state index contributed by atoms with van der Waals surface area (Å²) < 4.78 is 40.1. The minimum atomic E-state index is -3.66. The molecule has 2 aromatic rings. The molecule has 0 aliphatic carbocycles. The normalized spacial score (nSPS) is 11.5. The van der Waals surface area contributed by atoms with E-state index in [4.69, 9.17) is 0 Å². The Morgan fingerprint density at radius 3 is 2.23 bits per heavy atom. The number of sulfonamides is 1. The van der Waals surface area contributed by atoms with E-state index in [2.05, 4.69) is 5.32 Å². The number of halogens is 1. The van der Waals surface area contributed by atoms with Gasteiger partial charge in [0.25, 0.3) is 5.91 Å². The van der Waals surface area contributed by atoms with Crippen molar-refractivity contribution in [3.63, 3.8) is 0 Å². The Bertz CT molecular complexity index is 845. The molecule has 0 unspecified atom stereocenters. The smallest absolute Gasteiger partial charge is 0.255 e. The summed E-state index contributed by atoms with van der Waals surface area (Å²) in [5, 5.41) is 2.63. The van der Waals surface area contributed by atoms with Gasteiger partial charge in [-0.2, -0.15) is 4.31 Å². The molecule has 26 heavy (non-hydrogen) atoms. The molecule has 0 radical (unpaired) electrons. The van der Waals surface area contributed by atoms with Crippen molar-refractivity contribution in [2.75, 3.05) is 18.4 Å². The van der Waals surface area contributed by atoms with Crippen LogP contribution in [-0.2, 0) is 10.0 Å². The Morgan fingerprint density at radius 2 is 1.65 bits per heavy atom. The molecule has 0 bridgehead atoms. The average Bonchev–Trinajstić information content (AvgIpc) is 2.63.